The molecule has 0 fully saturated rings. The van der Waals surface area contributed by atoms with Crippen LogP contribution in [0.4, 0.5) is 4.79 Å². The Bertz CT molecular complexity index is 1100. The number of rotatable bonds is 4. The lowest BCUT2D eigenvalue weighted by atomic mass is 9.94. The van der Waals surface area contributed by atoms with Gasteiger partial charge in [-0.1, -0.05) is 22.0 Å². The van der Waals surface area contributed by atoms with Crippen LogP contribution in [0.2, 0.25) is 0 Å². The molecule has 3 aromatic rings. The highest BCUT2D eigenvalue weighted by atomic mass is 79.9. The molecule has 0 radical (unpaired) electrons. The Kier molecular flexibility index (Phi) is 6.17. The molecule has 2 heterocycles. The number of aromatic nitrogens is 1. The van der Waals surface area contributed by atoms with E-state index in [1.165, 1.54) is 0 Å². The summed E-state index contributed by atoms with van der Waals surface area (Å²) in [5.41, 5.74) is 2.82. The van der Waals surface area contributed by atoms with Crippen molar-refractivity contribution in [3.63, 3.8) is 0 Å². The quantitative estimate of drug-likeness (QED) is 0.474. The van der Waals surface area contributed by atoms with E-state index in [2.05, 4.69) is 20.9 Å². The van der Waals surface area contributed by atoms with Crippen molar-refractivity contribution in [2.45, 2.75) is 27.7 Å². The zero-order valence-corrected chi connectivity index (χ0v) is 18.1. The molecule has 0 saturated heterocycles. The Labute approximate surface area is 176 Å². The summed E-state index contributed by atoms with van der Waals surface area (Å²) in [5, 5.41) is 0. The van der Waals surface area contributed by atoms with Crippen molar-refractivity contribution in [3.05, 3.63) is 68.1 Å². The van der Waals surface area contributed by atoms with Gasteiger partial charge in [0.25, 0.3) is 0 Å². The van der Waals surface area contributed by atoms with Gasteiger partial charge in [0.05, 0.1) is 6.61 Å². The van der Waals surface area contributed by atoms with Crippen LogP contribution < -0.4 is 10.4 Å². The van der Waals surface area contributed by atoms with Crippen molar-refractivity contribution in [1.29, 1.82) is 0 Å². The minimum absolute atomic E-state index is 0.105. The summed E-state index contributed by atoms with van der Waals surface area (Å²) in [5.74, 6) is 0.347. The molecule has 0 N–H and O–H groups in total. The summed E-state index contributed by atoms with van der Waals surface area (Å²) >= 11 is 3.46. The van der Waals surface area contributed by atoms with Gasteiger partial charge in [0.15, 0.2) is 11.5 Å². The van der Waals surface area contributed by atoms with Crippen molar-refractivity contribution in [1.82, 2.24) is 4.98 Å². The van der Waals surface area contributed by atoms with Gasteiger partial charge in [-0.05, 0) is 68.7 Å². The van der Waals surface area contributed by atoms with Crippen LogP contribution in [0.1, 0.15) is 23.6 Å². The highest BCUT2D eigenvalue weighted by molar-refractivity contribution is 9.10. The number of hydrogen-bond acceptors (Lipinski definition) is 6. The summed E-state index contributed by atoms with van der Waals surface area (Å²) in [4.78, 5) is 29.5. The Morgan fingerprint density at radius 3 is 2.41 bits per heavy atom. The summed E-state index contributed by atoms with van der Waals surface area (Å²) < 4.78 is 17.0. The third-order valence-electron chi connectivity index (χ3n) is 4.40. The number of carbonyl (C=O) groups is 1. The molecule has 7 heteroatoms. The highest BCUT2D eigenvalue weighted by Crippen LogP contribution is 2.39. The molecule has 29 heavy (non-hydrogen) atoms. The molecule has 0 bridgehead atoms. The fourth-order valence-electron chi connectivity index (χ4n) is 3.22. The Hall–Kier alpha value is -2.93. The molecule has 0 spiro atoms. The molecule has 0 aliphatic carbocycles. The number of hydrogen-bond donors (Lipinski definition) is 0. The van der Waals surface area contributed by atoms with Crippen LogP contribution in [0, 0.1) is 20.8 Å². The van der Waals surface area contributed by atoms with E-state index in [9.17, 15) is 9.59 Å². The zero-order valence-electron chi connectivity index (χ0n) is 16.5. The normalized spacial score (nSPS) is 10.7. The first kappa shape index (κ1) is 20.8. The zero-order chi connectivity index (χ0) is 21.1. The van der Waals surface area contributed by atoms with Crippen molar-refractivity contribution >= 4 is 22.1 Å². The molecule has 3 rings (SSSR count). The van der Waals surface area contributed by atoms with Gasteiger partial charge in [-0.2, -0.15) is 0 Å². The van der Waals surface area contributed by atoms with Gasteiger partial charge in [0.2, 0.25) is 0 Å². The third kappa shape index (κ3) is 4.24. The molecule has 6 nitrogen and oxygen atoms in total. The molecule has 0 amide bonds. The number of nitrogens with zero attached hydrogens (tertiary/aromatic N) is 1. The maximum Gasteiger partial charge on any atom is 0.513 e. The van der Waals surface area contributed by atoms with Gasteiger partial charge < -0.3 is 13.9 Å². The first-order chi connectivity index (χ1) is 13.8. The third-order valence-corrected chi connectivity index (χ3v) is 4.86. The second-order valence-electron chi connectivity index (χ2n) is 6.46. The Morgan fingerprint density at radius 2 is 1.83 bits per heavy atom. The molecule has 0 unspecified atom stereocenters. The molecule has 0 saturated carbocycles. The molecule has 0 aliphatic heterocycles. The number of benzene rings is 1. The van der Waals surface area contributed by atoms with E-state index in [4.69, 9.17) is 13.9 Å². The molecular weight excluding hydrogens is 438 g/mol. The van der Waals surface area contributed by atoms with E-state index in [-0.39, 0.29) is 23.7 Å². The molecule has 2 aromatic heterocycles. The first-order valence-electron chi connectivity index (χ1n) is 9.04. The minimum atomic E-state index is -0.887. The van der Waals surface area contributed by atoms with Gasteiger partial charge in [-0.3, -0.25) is 4.98 Å². The van der Waals surface area contributed by atoms with Crippen LogP contribution in [-0.4, -0.2) is 17.7 Å². The maximum atomic E-state index is 13.1. The van der Waals surface area contributed by atoms with Crippen LogP contribution in [-0.2, 0) is 4.74 Å². The first-order valence-corrected chi connectivity index (χ1v) is 9.83. The number of pyridine rings is 1. The average Bonchev–Trinajstić information content (AvgIpc) is 2.66. The number of halogens is 1. The van der Waals surface area contributed by atoms with Crippen molar-refractivity contribution in [2.75, 3.05) is 6.61 Å². The van der Waals surface area contributed by atoms with Crippen molar-refractivity contribution in [3.8, 4) is 28.3 Å². The summed E-state index contributed by atoms with van der Waals surface area (Å²) in [6, 6.07) is 9.03. The van der Waals surface area contributed by atoms with Crippen LogP contribution in [0.5, 0.6) is 5.75 Å². The van der Waals surface area contributed by atoms with Crippen molar-refractivity contribution in [2.24, 2.45) is 0 Å². The molecule has 0 aliphatic rings. The summed E-state index contributed by atoms with van der Waals surface area (Å²) in [6.45, 7) is 7.30. The van der Waals surface area contributed by atoms with Gasteiger partial charge in [-0.15, -0.1) is 0 Å². The van der Waals surface area contributed by atoms with Crippen LogP contribution >= 0.6 is 15.9 Å². The van der Waals surface area contributed by atoms with E-state index in [0.29, 0.717) is 16.8 Å². The highest BCUT2D eigenvalue weighted by Gasteiger charge is 2.26. The van der Waals surface area contributed by atoms with Crippen LogP contribution in [0.15, 0.2) is 50.2 Å². The van der Waals surface area contributed by atoms with E-state index in [0.717, 1.165) is 15.6 Å². The summed E-state index contributed by atoms with van der Waals surface area (Å²) in [6.07, 6.45) is 0.708. The fourth-order valence-corrected chi connectivity index (χ4v) is 3.91. The standard InChI is InChI=1S/C22H20BrNO5/c1-5-27-22(26)29-20-14(4)19(16-8-6-7-9-24-16)28-21(25)18(20)17-12(2)10-15(23)11-13(17)3/h6-11H,5H2,1-4H3. The topological polar surface area (TPSA) is 78.6 Å². The smallest absolute Gasteiger partial charge is 0.434 e. The lowest BCUT2D eigenvalue weighted by Gasteiger charge is -2.17. The van der Waals surface area contributed by atoms with Crippen molar-refractivity contribution < 1.29 is 18.7 Å². The largest absolute Gasteiger partial charge is 0.513 e. The van der Waals surface area contributed by atoms with Gasteiger partial charge >= 0.3 is 11.8 Å². The lowest BCUT2D eigenvalue weighted by molar-refractivity contribution is 0.104. The number of carbonyl (C=O) groups excluding carboxylic acids is 1. The number of aryl methyl sites for hydroxylation is 2. The molecule has 150 valence electrons. The minimum Gasteiger partial charge on any atom is -0.434 e. The average molecular weight is 458 g/mol. The predicted molar refractivity (Wildman–Crippen MR) is 113 cm³/mol. The van der Waals surface area contributed by atoms with E-state index < -0.39 is 11.8 Å². The van der Waals surface area contributed by atoms with E-state index in [1.807, 2.05) is 26.0 Å². The maximum absolute atomic E-state index is 13.1. The fraction of sp³-hybridized carbons (Fsp3) is 0.227. The second-order valence-corrected chi connectivity index (χ2v) is 7.38. The number of ether oxygens (including phenoxy) is 2. The van der Waals surface area contributed by atoms with E-state index >= 15 is 0 Å². The van der Waals surface area contributed by atoms with Gasteiger partial charge in [0, 0.05) is 16.2 Å². The summed E-state index contributed by atoms with van der Waals surface area (Å²) in [7, 11) is 0. The molecule has 0 atom stereocenters. The second kappa shape index (κ2) is 8.61. The molecular formula is C22H20BrNO5. The van der Waals surface area contributed by atoms with Gasteiger partial charge in [0.1, 0.15) is 11.3 Å². The van der Waals surface area contributed by atoms with Crippen LogP contribution in [0.3, 0.4) is 0 Å². The Balaban J connectivity index is 2.33. The predicted octanol–water partition coefficient (Wildman–Crippen LogP) is 5.59. The van der Waals surface area contributed by atoms with Gasteiger partial charge in [-0.25, -0.2) is 9.59 Å². The monoisotopic (exact) mass is 457 g/mol. The molecule has 1 aromatic carbocycles. The van der Waals surface area contributed by atoms with Crippen LogP contribution in [0.25, 0.3) is 22.6 Å². The van der Waals surface area contributed by atoms with E-state index in [1.54, 1.807) is 38.2 Å². The SMILES string of the molecule is CCOC(=O)Oc1c(C)c(-c2ccccn2)oc(=O)c1-c1c(C)cc(Br)cc1C. The lowest BCUT2D eigenvalue weighted by Crippen LogP contribution is -2.16. The Morgan fingerprint density at radius 1 is 1.14 bits per heavy atom.